The van der Waals surface area contributed by atoms with Crippen LogP contribution in [0.5, 0.6) is 23.0 Å². The van der Waals surface area contributed by atoms with Gasteiger partial charge in [-0.25, -0.2) is 4.39 Å². The van der Waals surface area contributed by atoms with Crippen LogP contribution in [0.2, 0.25) is 0 Å². The first-order valence-electron chi connectivity index (χ1n) is 18.5. The maximum atomic E-state index is 15.6. The number of nitrogens with one attached hydrogen (secondary N) is 3. The van der Waals surface area contributed by atoms with Gasteiger partial charge in [0, 0.05) is 40.4 Å². The Kier molecular flexibility index (Phi) is 13.1. The van der Waals surface area contributed by atoms with Crippen LogP contribution in [-0.4, -0.2) is 122 Å². The molecule has 0 radical (unpaired) electrons. The van der Waals surface area contributed by atoms with Crippen molar-refractivity contribution < 1.29 is 47.4 Å². The van der Waals surface area contributed by atoms with Gasteiger partial charge < -0.3 is 44.9 Å². The third kappa shape index (κ3) is 9.44. The number of carbonyl (C=O) groups excluding carboxylic acids is 6. The highest BCUT2D eigenvalue weighted by molar-refractivity contribution is 5.98. The lowest BCUT2D eigenvalue weighted by Crippen LogP contribution is -2.61. The summed E-state index contributed by atoms with van der Waals surface area (Å²) in [6.07, 6.45) is -0.231. The monoisotopic (exact) mass is 788 g/mol. The molecule has 1 saturated heterocycles. The molecule has 6 atom stereocenters. The van der Waals surface area contributed by atoms with Crippen molar-refractivity contribution in [1.29, 1.82) is 0 Å². The number of carbonyl (C=O) groups is 6. The Labute approximate surface area is 330 Å². The molecule has 3 aliphatic heterocycles. The maximum Gasteiger partial charge on any atom is 0.246 e. The summed E-state index contributed by atoms with van der Waals surface area (Å²) in [7, 11) is 7.16. The van der Waals surface area contributed by atoms with Crippen LogP contribution in [0.15, 0.2) is 60.7 Å². The summed E-state index contributed by atoms with van der Waals surface area (Å²) in [6, 6.07) is 8.68. The topological polar surface area (TPSA) is 176 Å². The van der Waals surface area contributed by atoms with E-state index >= 15 is 4.39 Å². The predicted octanol–water partition coefficient (Wildman–Crippen LogP) is 1.99. The first kappa shape index (κ1) is 42.0. The van der Waals surface area contributed by atoms with E-state index in [1.807, 2.05) is 0 Å². The van der Waals surface area contributed by atoms with E-state index in [-0.39, 0.29) is 30.8 Å². The number of hydrogen-bond acceptors (Lipinski definition) is 9. The van der Waals surface area contributed by atoms with Gasteiger partial charge in [0.25, 0.3) is 0 Å². The number of rotatable bonds is 4. The molecule has 3 aromatic rings. The number of fused-ring (bicyclic) bond motifs is 2. The SMILES string of the molecule is COc1ccc(C[C@H]2C(=O)N[C@@H](C)C(=O)N(C)[C@H]3Cc4ccc(c(F)c4)Oc4cc(ccc4OC)C[C@@H](C(=O)N[C@H](C)C(=O)N[C@H](C)C(=O)N2C)N(C)C3=O)cc1. The quantitative estimate of drug-likeness (QED) is 0.357. The lowest BCUT2D eigenvalue weighted by Gasteiger charge is -2.36. The van der Waals surface area contributed by atoms with Gasteiger partial charge in [-0.15, -0.1) is 0 Å². The van der Waals surface area contributed by atoms with E-state index in [1.54, 1.807) is 48.5 Å². The molecule has 0 aliphatic carbocycles. The second-order valence-electron chi connectivity index (χ2n) is 14.4. The molecule has 1 fully saturated rings. The summed E-state index contributed by atoms with van der Waals surface area (Å²) in [5.74, 6) is -3.78. The molecule has 0 spiro atoms. The summed E-state index contributed by atoms with van der Waals surface area (Å²) in [6.45, 7) is 4.34. The van der Waals surface area contributed by atoms with Crippen LogP contribution in [0.1, 0.15) is 37.5 Å². The van der Waals surface area contributed by atoms with Gasteiger partial charge in [-0.1, -0.05) is 24.3 Å². The van der Waals surface area contributed by atoms with Crippen molar-refractivity contribution >= 4 is 35.4 Å². The van der Waals surface area contributed by atoms with Crippen molar-refractivity contribution in [2.45, 2.75) is 76.3 Å². The number of ether oxygens (including phenoxy) is 3. The minimum absolute atomic E-state index is 0.0379. The molecule has 0 unspecified atom stereocenters. The van der Waals surface area contributed by atoms with Crippen molar-refractivity contribution in [2.24, 2.45) is 0 Å². The third-order valence-electron chi connectivity index (χ3n) is 10.4. The molecule has 3 aliphatic rings. The van der Waals surface area contributed by atoms with Gasteiger partial charge >= 0.3 is 0 Å². The van der Waals surface area contributed by atoms with Crippen LogP contribution in [-0.2, 0) is 48.0 Å². The van der Waals surface area contributed by atoms with Gasteiger partial charge in [-0.05, 0) is 73.9 Å². The maximum absolute atomic E-state index is 15.6. The van der Waals surface area contributed by atoms with Gasteiger partial charge in [0.15, 0.2) is 23.1 Å². The zero-order valence-electron chi connectivity index (χ0n) is 33.3. The fraction of sp³-hybridized carbons (Fsp3) is 0.415. The fourth-order valence-corrected chi connectivity index (χ4v) is 6.89. The molecule has 57 heavy (non-hydrogen) atoms. The van der Waals surface area contributed by atoms with E-state index in [1.165, 1.54) is 78.1 Å². The Hall–Kier alpha value is -6.19. The minimum Gasteiger partial charge on any atom is -0.497 e. The summed E-state index contributed by atoms with van der Waals surface area (Å²) in [4.78, 5) is 87.9. The van der Waals surface area contributed by atoms with E-state index in [4.69, 9.17) is 14.2 Å². The first-order chi connectivity index (χ1) is 27.0. The van der Waals surface area contributed by atoms with Crippen molar-refractivity contribution in [3.05, 3.63) is 83.2 Å². The van der Waals surface area contributed by atoms with E-state index < -0.39 is 77.5 Å². The third-order valence-corrected chi connectivity index (χ3v) is 10.4. The Morgan fingerprint density at radius 3 is 1.82 bits per heavy atom. The Bertz CT molecular complexity index is 2030. The van der Waals surface area contributed by atoms with Gasteiger partial charge in [0.1, 0.15) is 42.0 Å². The molecule has 0 saturated carbocycles. The molecular formula is C41H49FN6O9. The smallest absolute Gasteiger partial charge is 0.246 e. The molecule has 6 bridgehead atoms. The Morgan fingerprint density at radius 1 is 0.632 bits per heavy atom. The minimum atomic E-state index is -1.29. The number of nitrogens with zero attached hydrogens (tertiary/aromatic N) is 3. The summed E-state index contributed by atoms with van der Waals surface area (Å²) in [5, 5.41) is 8.02. The molecule has 15 nitrogen and oxygen atoms in total. The molecule has 3 aromatic carbocycles. The van der Waals surface area contributed by atoms with Crippen molar-refractivity contribution in [2.75, 3.05) is 35.4 Å². The number of methoxy groups -OCH3 is 2. The van der Waals surface area contributed by atoms with Gasteiger partial charge in [0.05, 0.1) is 14.2 Å². The molecule has 0 aromatic heterocycles. The number of halogens is 1. The molecule has 6 rings (SSSR count). The van der Waals surface area contributed by atoms with E-state index in [9.17, 15) is 28.8 Å². The van der Waals surface area contributed by atoms with E-state index in [0.29, 0.717) is 28.2 Å². The van der Waals surface area contributed by atoms with Gasteiger partial charge in [-0.3, -0.25) is 28.8 Å². The second kappa shape index (κ2) is 17.7. The van der Waals surface area contributed by atoms with Crippen LogP contribution in [0.25, 0.3) is 0 Å². The van der Waals surface area contributed by atoms with E-state index in [2.05, 4.69) is 16.0 Å². The standard InChI is InChI=1S/C41H49FN6O9/c1-22-36(49)44-23(2)39(52)46(4)30(18-25-9-13-28(55-7)14-10-25)38(51)45-24(3)40(53)48(6)32-20-26-11-15-33(29(42)17-26)57-35-21-27(12-16-34(35)56-8)19-31(37(50)43-22)47(5)41(32)54/h9-17,21-24,30-32H,18-20H2,1-8H3,(H,43,50)(H,44,49)(H,45,51)/t22-,23-,24+,30+,31+,32+/m1/s1. The van der Waals surface area contributed by atoms with Gasteiger partial charge in [-0.2, -0.15) is 0 Å². The predicted molar refractivity (Wildman–Crippen MR) is 206 cm³/mol. The number of likely N-dealkylation sites (N-methyl/N-ethyl adjacent to an activating group) is 3. The first-order valence-corrected chi connectivity index (χ1v) is 18.5. The molecule has 6 amide bonds. The van der Waals surface area contributed by atoms with Crippen LogP contribution >= 0.6 is 0 Å². The molecule has 16 heteroatoms. The number of benzene rings is 3. The fourth-order valence-electron chi connectivity index (χ4n) is 6.89. The second-order valence-corrected chi connectivity index (χ2v) is 14.4. The molecule has 304 valence electrons. The zero-order valence-corrected chi connectivity index (χ0v) is 33.3. The number of amides is 6. The normalized spacial score (nSPS) is 24.1. The summed E-state index contributed by atoms with van der Waals surface area (Å²) < 4.78 is 32.2. The summed E-state index contributed by atoms with van der Waals surface area (Å²) in [5.41, 5.74) is 1.52. The largest absolute Gasteiger partial charge is 0.497 e. The Morgan fingerprint density at radius 2 is 1.19 bits per heavy atom. The average molecular weight is 789 g/mol. The van der Waals surface area contributed by atoms with E-state index in [0.717, 1.165) is 4.90 Å². The lowest BCUT2D eigenvalue weighted by atomic mass is 9.98. The van der Waals surface area contributed by atoms with Crippen LogP contribution in [0.3, 0.4) is 0 Å². The lowest BCUT2D eigenvalue weighted by molar-refractivity contribution is -0.149. The average Bonchev–Trinajstić information content (AvgIpc) is 3.19. The van der Waals surface area contributed by atoms with Crippen molar-refractivity contribution in [3.8, 4) is 23.0 Å². The van der Waals surface area contributed by atoms with Crippen molar-refractivity contribution in [1.82, 2.24) is 30.7 Å². The number of hydrogen-bond donors (Lipinski definition) is 3. The highest BCUT2D eigenvalue weighted by Crippen LogP contribution is 2.35. The summed E-state index contributed by atoms with van der Waals surface area (Å²) >= 11 is 0. The van der Waals surface area contributed by atoms with Gasteiger partial charge in [0.2, 0.25) is 35.4 Å². The van der Waals surface area contributed by atoms with Crippen LogP contribution < -0.4 is 30.2 Å². The Balaban J connectivity index is 1.59. The molecule has 3 N–H and O–H groups in total. The van der Waals surface area contributed by atoms with Crippen LogP contribution in [0.4, 0.5) is 4.39 Å². The van der Waals surface area contributed by atoms with Crippen molar-refractivity contribution in [3.63, 3.8) is 0 Å². The molecule has 3 heterocycles. The zero-order chi connectivity index (χ0) is 41.7. The highest BCUT2D eigenvalue weighted by Gasteiger charge is 2.39. The molecular weight excluding hydrogens is 739 g/mol. The highest BCUT2D eigenvalue weighted by atomic mass is 19.1. The van der Waals surface area contributed by atoms with Crippen LogP contribution in [0, 0.1) is 5.82 Å².